The van der Waals surface area contributed by atoms with Crippen LogP contribution in [-0.4, -0.2) is 96.5 Å². The summed E-state index contributed by atoms with van der Waals surface area (Å²) in [5.74, 6) is -0.792. The van der Waals surface area contributed by atoms with E-state index in [1.807, 2.05) is 0 Å². The van der Waals surface area contributed by atoms with Gasteiger partial charge in [0.25, 0.3) is 0 Å². The zero-order chi connectivity index (χ0) is 37.4. The largest absolute Gasteiger partial charge is 0.619 e. The zero-order valence-corrected chi connectivity index (χ0v) is 30.5. The fourth-order valence-electron chi connectivity index (χ4n) is 5.50. The van der Waals surface area contributed by atoms with Crippen LogP contribution in [0, 0.1) is 11.1 Å². The molecule has 3 aromatic rings. The van der Waals surface area contributed by atoms with Gasteiger partial charge in [-0.05, 0) is 54.7 Å². The SMILES string of the molecule is CS(=O)(=O)N(CCN1CCOCC1)c1ccc(C(=O)O[C@@H](Cc2c(Cl)c[n+]([O-])cc2Cl)c2ccc(OC(F)F)c(OCC3CC3)c2)cc1OCCO. The van der Waals surface area contributed by atoms with Crippen molar-refractivity contribution in [3.63, 3.8) is 0 Å². The summed E-state index contributed by atoms with van der Waals surface area (Å²) in [5.41, 5.74) is 0.700. The number of morpholine rings is 1. The van der Waals surface area contributed by atoms with Gasteiger partial charge in [-0.25, -0.2) is 13.2 Å². The third-order valence-corrected chi connectivity index (χ3v) is 10.2. The summed E-state index contributed by atoms with van der Waals surface area (Å²) >= 11 is 12.8. The number of alkyl halides is 2. The van der Waals surface area contributed by atoms with E-state index in [9.17, 15) is 32.3 Å². The van der Waals surface area contributed by atoms with Crippen molar-refractivity contribution in [2.24, 2.45) is 5.92 Å². The number of rotatable bonds is 18. The molecule has 2 fully saturated rings. The molecule has 1 aromatic heterocycles. The Hall–Kier alpha value is -3.67. The number of carbonyl (C=O) groups excluding carboxylic acids is 1. The molecule has 0 bridgehead atoms. The van der Waals surface area contributed by atoms with Gasteiger partial charge in [0.15, 0.2) is 23.9 Å². The molecule has 52 heavy (non-hydrogen) atoms. The van der Waals surface area contributed by atoms with Crippen molar-refractivity contribution in [1.82, 2.24) is 4.90 Å². The number of sulfonamides is 1. The number of ether oxygens (including phenoxy) is 5. The molecular weight excluding hydrogens is 751 g/mol. The van der Waals surface area contributed by atoms with Crippen LogP contribution in [0.25, 0.3) is 0 Å². The fourth-order valence-corrected chi connectivity index (χ4v) is 7.02. The first-order valence-corrected chi connectivity index (χ1v) is 19.1. The van der Waals surface area contributed by atoms with E-state index < -0.39 is 28.7 Å². The summed E-state index contributed by atoms with van der Waals surface area (Å²) in [6, 6.07) is 8.22. The third kappa shape index (κ3) is 10.9. The number of halogens is 4. The summed E-state index contributed by atoms with van der Waals surface area (Å²) in [6.07, 6.45) is 3.81. The van der Waals surface area contributed by atoms with Gasteiger partial charge in [-0.1, -0.05) is 29.3 Å². The van der Waals surface area contributed by atoms with E-state index >= 15 is 0 Å². The van der Waals surface area contributed by atoms with Gasteiger partial charge < -0.3 is 34.0 Å². The quantitative estimate of drug-likeness (QED) is 0.109. The van der Waals surface area contributed by atoms with E-state index in [0.29, 0.717) is 43.1 Å². The number of nitrogens with zero attached hydrogens (tertiary/aromatic N) is 3. The number of aliphatic hydroxyl groups is 1. The lowest BCUT2D eigenvalue weighted by molar-refractivity contribution is -0.605. The Kier molecular flexibility index (Phi) is 13.6. The first-order valence-electron chi connectivity index (χ1n) is 16.5. The molecule has 2 aromatic carbocycles. The molecule has 0 radical (unpaired) electrons. The van der Waals surface area contributed by atoms with E-state index in [0.717, 1.165) is 31.5 Å². The number of hydrogen-bond acceptors (Lipinski definition) is 11. The number of hydrogen-bond donors (Lipinski definition) is 1. The van der Waals surface area contributed by atoms with Gasteiger partial charge in [-0.15, -0.1) is 0 Å². The molecule has 5 rings (SSSR count). The molecular formula is C34H39Cl2F2N3O10S. The number of esters is 1. The molecule has 0 amide bonds. The molecule has 13 nitrogen and oxygen atoms in total. The maximum absolute atomic E-state index is 13.8. The molecule has 1 aliphatic carbocycles. The molecule has 0 unspecified atom stereocenters. The molecule has 1 saturated carbocycles. The second kappa shape index (κ2) is 17.9. The highest BCUT2D eigenvalue weighted by Gasteiger charge is 2.29. The smallest absolute Gasteiger partial charge is 0.387 e. The number of pyridine rings is 1. The fraction of sp³-hybridized carbons (Fsp3) is 0.471. The maximum Gasteiger partial charge on any atom is 0.387 e. The van der Waals surface area contributed by atoms with E-state index in [1.165, 1.54) is 40.7 Å². The predicted octanol–water partition coefficient (Wildman–Crippen LogP) is 4.63. The Morgan fingerprint density at radius 1 is 1.08 bits per heavy atom. The lowest BCUT2D eigenvalue weighted by Crippen LogP contribution is -2.43. The lowest BCUT2D eigenvalue weighted by Gasteiger charge is -2.30. The van der Waals surface area contributed by atoms with Gasteiger partial charge in [0.05, 0.1) is 43.9 Å². The van der Waals surface area contributed by atoms with Crippen LogP contribution >= 0.6 is 23.2 Å². The number of aromatic nitrogens is 1. The molecule has 2 heterocycles. The minimum absolute atomic E-state index is 0.00543. The van der Waals surface area contributed by atoms with Crippen LogP contribution in [0.2, 0.25) is 10.0 Å². The van der Waals surface area contributed by atoms with Crippen molar-refractivity contribution in [3.05, 3.63) is 80.7 Å². The normalized spacial score (nSPS) is 15.7. The summed E-state index contributed by atoms with van der Waals surface area (Å²) in [5, 5.41) is 21.4. The van der Waals surface area contributed by atoms with Crippen molar-refractivity contribution in [2.45, 2.75) is 32.0 Å². The minimum atomic E-state index is -3.82. The van der Waals surface area contributed by atoms with Crippen LogP contribution < -0.4 is 23.2 Å². The van der Waals surface area contributed by atoms with Crippen molar-refractivity contribution in [3.8, 4) is 17.2 Å². The number of anilines is 1. The van der Waals surface area contributed by atoms with Gasteiger partial charge in [0, 0.05) is 38.2 Å². The van der Waals surface area contributed by atoms with Gasteiger partial charge in [0.2, 0.25) is 10.0 Å². The third-order valence-electron chi connectivity index (χ3n) is 8.36. The first-order chi connectivity index (χ1) is 24.8. The minimum Gasteiger partial charge on any atom is -0.619 e. The maximum atomic E-state index is 13.8. The van der Waals surface area contributed by atoms with E-state index in [4.69, 9.17) is 42.1 Å². The molecule has 2 aliphatic rings. The summed E-state index contributed by atoms with van der Waals surface area (Å²) < 4.78 is 81.7. The van der Waals surface area contributed by atoms with Gasteiger partial charge >= 0.3 is 12.6 Å². The summed E-state index contributed by atoms with van der Waals surface area (Å²) in [7, 11) is -3.82. The second-order valence-corrected chi connectivity index (χ2v) is 15.0. The molecule has 1 atom stereocenters. The molecule has 1 aliphatic heterocycles. The number of aliphatic hydroxyl groups excluding tert-OH is 1. The highest BCUT2D eigenvalue weighted by Crippen LogP contribution is 2.39. The zero-order valence-electron chi connectivity index (χ0n) is 28.2. The highest BCUT2D eigenvalue weighted by atomic mass is 35.5. The highest BCUT2D eigenvalue weighted by molar-refractivity contribution is 7.92. The van der Waals surface area contributed by atoms with Crippen molar-refractivity contribution >= 4 is 44.9 Å². The van der Waals surface area contributed by atoms with E-state index in [1.54, 1.807) is 0 Å². The topological polar surface area (TPSA) is 151 Å². The Labute approximate surface area is 310 Å². The van der Waals surface area contributed by atoms with Crippen LogP contribution in [0.1, 0.15) is 40.4 Å². The molecule has 18 heteroatoms. The molecule has 1 N–H and O–H groups in total. The van der Waals surface area contributed by atoms with Gasteiger partial charge in [0.1, 0.15) is 28.5 Å². The molecule has 1 saturated heterocycles. The second-order valence-electron chi connectivity index (χ2n) is 12.3. The van der Waals surface area contributed by atoms with Crippen LogP contribution in [0.4, 0.5) is 14.5 Å². The Morgan fingerprint density at radius 2 is 1.79 bits per heavy atom. The van der Waals surface area contributed by atoms with Crippen molar-refractivity contribution in [1.29, 1.82) is 0 Å². The first kappa shape index (κ1) is 39.5. The van der Waals surface area contributed by atoms with E-state index in [2.05, 4.69) is 9.64 Å². The Balaban J connectivity index is 1.48. The Bertz CT molecular complexity index is 1790. The molecule has 0 spiro atoms. The van der Waals surface area contributed by atoms with Crippen LogP contribution in [0.15, 0.2) is 48.8 Å². The standard InChI is InChI=1S/C34H39Cl2F2N3O10S/c1-52(45,46)41(9-8-39-10-13-47-14-11-39)28-6-4-24(17-31(28)48-15-12-42)33(43)50-30(18-25-26(35)19-40(44)20-27(25)36)23-5-7-29(51-34(37)38)32(16-23)49-21-22-2-3-22/h4-7,16-17,19-20,22,30,34,42H,2-3,8-15,18,21H2,1H3/t30-/m0/s1. The van der Waals surface area contributed by atoms with Gasteiger partial charge in [-0.2, -0.15) is 13.5 Å². The van der Waals surface area contributed by atoms with Crippen molar-refractivity contribution < 1.29 is 55.5 Å². The average molecular weight is 791 g/mol. The number of benzene rings is 2. The summed E-state index contributed by atoms with van der Waals surface area (Å²) in [4.78, 5) is 15.9. The lowest BCUT2D eigenvalue weighted by atomic mass is 10.0. The van der Waals surface area contributed by atoms with Gasteiger partial charge in [-0.3, -0.25) is 9.21 Å². The molecule has 284 valence electrons. The van der Waals surface area contributed by atoms with Crippen molar-refractivity contribution in [2.75, 3.05) is 69.8 Å². The average Bonchev–Trinajstić information content (AvgIpc) is 3.92. The van der Waals surface area contributed by atoms with E-state index in [-0.39, 0.29) is 82.8 Å². The van der Waals surface area contributed by atoms with Crippen LogP contribution in [-0.2, 0) is 25.9 Å². The summed E-state index contributed by atoms with van der Waals surface area (Å²) in [6.45, 7) is -0.591. The monoisotopic (exact) mass is 789 g/mol. The Morgan fingerprint density at radius 3 is 2.42 bits per heavy atom. The number of carbonyl (C=O) groups is 1. The predicted molar refractivity (Wildman–Crippen MR) is 187 cm³/mol. The van der Waals surface area contributed by atoms with Crippen LogP contribution in [0.5, 0.6) is 17.2 Å². The van der Waals surface area contributed by atoms with Crippen LogP contribution in [0.3, 0.4) is 0 Å².